The molecule has 1 aliphatic heterocycles. The second-order valence-electron chi connectivity index (χ2n) is 4.56. The minimum absolute atomic E-state index is 0.0156. The van der Waals surface area contributed by atoms with E-state index in [0.29, 0.717) is 10.6 Å². The topological polar surface area (TPSA) is 41.1 Å². The highest BCUT2D eigenvalue weighted by Gasteiger charge is 2.39. The number of rotatable bonds is 0. The van der Waals surface area contributed by atoms with E-state index in [0.717, 1.165) is 31.4 Å². The Morgan fingerprint density at radius 3 is 2.69 bits per heavy atom. The van der Waals surface area contributed by atoms with Gasteiger partial charge in [-0.2, -0.15) is 0 Å². The van der Waals surface area contributed by atoms with Crippen molar-refractivity contribution >= 4 is 23.2 Å². The van der Waals surface area contributed by atoms with E-state index >= 15 is 0 Å². The molecule has 0 bridgehead atoms. The predicted octanol–water partition coefficient (Wildman–Crippen LogP) is 2.77. The summed E-state index contributed by atoms with van der Waals surface area (Å²) in [5.41, 5.74) is 1.33. The second kappa shape index (κ2) is 3.39. The molecule has 0 atom stereocenters. The molecule has 1 aliphatic carbocycles. The Morgan fingerprint density at radius 1 is 1.19 bits per heavy atom. The lowest BCUT2D eigenvalue weighted by Gasteiger charge is -2.37. The van der Waals surface area contributed by atoms with E-state index in [4.69, 9.17) is 11.6 Å². The van der Waals surface area contributed by atoms with Gasteiger partial charge < -0.3 is 10.6 Å². The summed E-state index contributed by atoms with van der Waals surface area (Å²) in [5.74, 6) is -0.0156. The third-order valence-corrected chi connectivity index (χ3v) is 3.65. The summed E-state index contributed by atoms with van der Waals surface area (Å²) in [7, 11) is 0. The Morgan fingerprint density at radius 2 is 1.94 bits per heavy atom. The molecular formula is C12H13ClN2O. The van der Waals surface area contributed by atoms with Gasteiger partial charge in [0.25, 0.3) is 5.91 Å². The van der Waals surface area contributed by atoms with Gasteiger partial charge in [0.1, 0.15) is 5.66 Å². The highest BCUT2D eigenvalue weighted by atomic mass is 35.5. The van der Waals surface area contributed by atoms with Gasteiger partial charge in [0.2, 0.25) is 0 Å². The lowest BCUT2D eigenvalue weighted by atomic mass is 10.0. The van der Waals surface area contributed by atoms with Crippen LogP contribution in [0.1, 0.15) is 36.0 Å². The van der Waals surface area contributed by atoms with E-state index in [1.807, 2.05) is 12.1 Å². The van der Waals surface area contributed by atoms with Gasteiger partial charge in [-0.3, -0.25) is 4.79 Å². The van der Waals surface area contributed by atoms with Crippen molar-refractivity contribution in [1.29, 1.82) is 0 Å². The van der Waals surface area contributed by atoms with Crippen molar-refractivity contribution in [2.45, 2.75) is 31.3 Å². The Kier molecular flexibility index (Phi) is 2.11. The fourth-order valence-corrected chi connectivity index (χ4v) is 2.79. The zero-order valence-corrected chi connectivity index (χ0v) is 9.60. The molecule has 2 N–H and O–H groups in total. The number of halogens is 1. The highest BCUT2D eigenvalue weighted by molar-refractivity contribution is 6.31. The van der Waals surface area contributed by atoms with Crippen molar-refractivity contribution in [3.8, 4) is 0 Å². The van der Waals surface area contributed by atoms with E-state index in [-0.39, 0.29) is 11.6 Å². The molecular weight excluding hydrogens is 224 g/mol. The summed E-state index contributed by atoms with van der Waals surface area (Å²) in [5, 5.41) is 7.10. The maximum atomic E-state index is 12.0. The molecule has 0 aromatic heterocycles. The summed E-state index contributed by atoms with van der Waals surface area (Å²) in [6, 6.07) is 5.41. The van der Waals surface area contributed by atoms with E-state index in [2.05, 4.69) is 10.6 Å². The highest BCUT2D eigenvalue weighted by Crippen LogP contribution is 2.36. The molecule has 0 radical (unpaired) electrons. The van der Waals surface area contributed by atoms with Gasteiger partial charge in [-0.15, -0.1) is 0 Å². The predicted molar refractivity (Wildman–Crippen MR) is 63.7 cm³/mol. The van der Waals surface area contributed by atoms with E-state index in [9.17, 15) is 4.79 Å². The number of fused-ring (bicyclic) bond motifs is 1. The first-order chi connectivity index (χ1) is 7.69. The Hall–Kier alpha value is -1.22. The van der Waals surface area contributed by atoms with E-state index < -0.39 is 0 Å². The van der Waals surface area contributed by atoms with Gasteiger partial charge in [-0.25, -0.2) is 0 Å². The largest absolute Gasteiger partial charge is 0.362 e. The normalized spacial score (nSPS) is 21.4. The molecule has 1 aromatic rings. The third-order valence-electron chi connectivity index (χ3n) is 3.41. The molecule has 3 nitrogen and oxygen atoms in total. The molecule has 3 rings (SSSR count). The summed E-state index contributed by atoms with van der Waals surface area (Å²) in [6.45, 7) is 0. The van der Waals surface area contributed by atoms with Crippen LogP contribution in [0, 0.1) is 0 Å². The van der Waals surface area contributed by atoms with Crippen LogP contribution in [0.4, 0.5) is 5.69 Å². The molecule has 1 spiro atoms. The van der Waals surface area contributed by atoms with Crippen LogP contribution < -0.4 is 10.6 Å². The Balaban J connectivity index is 2.02. The van der Waals surface area contributed by atoms with Crippen LogP contribution in [-0.4, -0.2) is 11.6 Å². The standard InChI is InChI=1S/C12H13ClN2O/c13-8-3-4-10-9(7-8)11(16)15-12(14-10)5-1-2-6-12/h3-4,7,14H,1-2,5-6H2,(H,15,16). The van der Waals surface area contributed by atoms with Gasteiger partial charge in [0, 0.05) is 10.7 Å². The molecule has 1 amide bonds. The molecule has 1 heterocycles. The molecule has 0 saturated heterocycles. The summed E-state index contributed by atoms with van der Waals surface area (Å²) < 4.78 is 0. The Bertz CT molecular complexity index is 452. The molecule has 2 aliphatic rings. The number of hydrogen-bond acceptors (Lipinski definition) is 2. The van der Waals surface area contributed by atoms with Crippen LogP contribution in [0.2, 0.25) is 5.02 Å². The van der Waals surface area contributed by atoms with Gasteiger partial charge in [0.05, 0.1) is 5.56 Å². The van der Waals surface area contributed by atoms with Crippen LogP contribution in [0.5, 0.6) is 0 Å². The van der Waals surface area contributed by atoms with Crippen LogP contribution in [0.3, 0.4) is 0 Å². The number of hydrogen-bond donors (Lipinski definition) is 2. The maximum Gasteiger partial charge on any atom is 0.255 e. The molecule has 4 heteroatoms. The third kappa shape index (κ3) is 1.47. The zero-order chi connectivity index (χ0) is 11.2. The lowest BCUT2D eigenvalue weighted by Crippen LogP contribution is -2.55. The zero-order valence-electron chi connectivity index (χ0n) is 8.85. The Labute approximate surface area is 99.2 Å². The minimum atomic E-state index is -0.210. The molecule has 16 heavy (non-hydrogen) atoms. The van der Waals surface area contributed by atoms with Crippen LogP contribution in [0.25, 0.3) is 0 Å². The molecule has 1 aromatic carbocycles. The first kappa shape index (κ1) is 9.97. The number of nitrogens with one attached hydrogen (secondary N) is 2. The van der Waals surface area contributed by atoms with Crippen LogP contribution in [0.15, 0.2) is 18.2 Å². The fraction of sp³-hybridized carbons (Fsp3) is 0.417. The van der Waals surface area contributed by atoms with Crippen molar-refractivity contribution in [2.24, 2.45) is 0 Å². The van der Waals surface area contributed by atoms with Crippen molar-refractivity contribution in [2.75, 3.05) is 5.32 Å². The molecule has 1 fully saturated rings. The van der Waals surface area contributed by atoms with Crippen LogP contribution in [-0.2, 0) is 0 Å². The average Bonchev–Trinajstić information content (AvgIpc) is 2.68. The quantitative estimate of drug-likeness (QED) is 0.727. The number of carbonyl (C=O) groups excluding carboxylic acids is 1. The molecule has 84 valence electrons. The smallest absolute Gasteiger partial charge is 0.255 e. The number of benzene rings is 1. The van der Waals surface area contributed by atoms with Crippen molar-refractivity contribution in [3.05, 3.63) is 28.8 Å². The molecule has 1 saturated carbocycles. The maximum absolute atomic E-state index is 12.0. The fourth-order valence-electron chi connectivity index (χ4n) is 2.62. The molecule has 0 unspecified atom stereocenters. The van der Waals surface area contributed by atoms with E-state index in [1.54, 1.807) is 6.07 Å². The van der Waals surface area contributed by atoms with Gasteiger partial charge >= 0.3 is 0 Å². The van der Waals surface area contributed by atoms with Crippen molar-refractivity contribution in [3.63, 3.8) is 0 Å². The van der Waals surface area contributed by atoms with Crippen molar-refractivity contribution < 1.29 is 4.79 Å². The average molecular weight is 237 g/mol. The van der Waals surface area contributed by atoms with Crippen molar-refractivity contribution in [1.82, 2.24) is 5.32 Å². The lowest BCUT2D eigenvalue weighted by molar-refractivity contribution is 0.0902. The van der Waals surface area contributed by atoms with Gasteiger partial charge in [0.15, 0.2) is 0 Å². The SMILES string of the molecule is O=C1NC2(CCCC2)Nc2ccc(Cl)cc21. The summed E-state index contributed by atoms with van der Waals surface area (Å²) >= 11 is 5.89. The number of anilines is 1. The van der Waals surface area contributed by atoms with E-state index in [1.165, 1.54) is 0 Å². The second-order valence-corrected chi connectivity index (χ2v) is 4.99. The number of amides is 1. The first-order valence-corrected chi connectivity index (χ1v) is 5.97. The van der Waals surface area contributed by atoms with Gasteiger partial charge in [-0.05, 0) is 43.9 Å². The first-order valence-electron chi connectivity index (χ1n) is 5.59. The van der Waals surface area contributed by atoms with Crippen LogP contribution >= 0.6 is 11.6 Å². The monoisotopic (exact) mass is 236 g/mol. The number of carbonyl (C=O) groups is 1. The minimum Gasteiger partial charge on any atom is -0.362 e. The summed E-state index contributed by atoms with van der Waals surface area (Å²) in [4.78, 5) is 12.0. The summed E-state index contributed by atoms with van der Waals surface area (Å²) in [6.07, 6.45) is 4.33. The van der Waals surface area contributed by atoms with Gasteiger partial charge in [-0.1, -0.05) is 11.6 Å².